The number of aryl methyl sites for hydroxylation is 2. The first-order valence-electron chi connectivity index (χ1n) is 10.6. The zero-order valence-corrected chi connectivity index (χ0v) is 17.3. The summed E-state index contributed by atoms with van der Waals surface area (Å²) in [6.07, 6.45) is 6.58. The van der Waals surface area contributed by atoms with Crippen LogP contribution >= 0.6 is 0 Å². The molecule has 0 unspecified atom stereocenters. The summed E-state index contributed by atoms with van der Waals surface area (Å²) in [5.74, 6) is 2.05. The molecule has 4 nitrogen and oxygen atoms in total. The number of nitrogens with one attached hydrogen (secondary N) is 1. The van der Waals surface area contributed by atoms with Gasteiger partial charge in [0.15, 0.2) is 0 Å². The van der Waals surface area contributed by atoms with Crippen LogP contribution in [0.2, 0.25) is 0 Å². The lowest BCUT2D eigenvalue weighted by Crippen LogP contribution is -2.11. The van der Waals surface area contributed by atoms with Gasteiger partial charge in [0.25, 0.3) is 0 Å². The summed E-state index contributed by atoms with van der Waals surface area (Å²) in [6.45, 7) is 4.25. The number of Topliss-reactive ketones (excluding diaryl/α,β-unsaturated/α-hetero) is 1. The Morgan fingerprint density at radius 3 is 2.69 bits per heavy atom. The van der Waals surface area contributed by atoms with Gasteiger partial charge in [-0.05, 0) is 93.5 Å². The summed E-state index contributed by atoms with van der Waals surface area (Å²) in [6, 6.07) is 14.5. The molecule has 0 spiro atoms. The predicted octanol–water partition coefficient (Wildman–Crippen LogP) is 5.90. The minimum atomic E-state index is 0.211. The molecule has 0 atom stereocenters. The molecule has 0 radical (unpaired) electrons. The molecule has 1 heterocycles. The number of benzene rings is 2. The van der Waals surface area contributed by atoms with E-state index in [4.69, 9.17) is 9.47 Å². The third-order valence-electron chi connectivity index (χ3n) is 5.64. The van der Waals surface area contributed by atoms with Crippen molar-refractivity contribution in [2.24, 2.45) is 0 Å². The van der Waals surface area contributed by atoms with E-state index in [0.29, 0.717) is 19.1 Å². The zero-order chi connectivity index (χ0) is 20.2. The molecule has 2 aromatic carbocycles. The van der Waals surface area contributed by atoms with Crippen LogP contribution in [0.3, 0.4) is 0 Å². The molecule has 3 aromatic rings. The van der Waals surface area contributed by atoms with Crippen molar-refractivity contribution in [1.29, 1.82) is 0 Å². The highest BCUT2D eigenvalue weighted by Crippen LogP contribution is 2.28. The highest BCUT2D eigenvalue weighted by Gasteiger charge is 2.17. The second-order valence-electron chi connectivity index (χ2n) is 8.16. The Bertz CT molecular complexity index is 998. The van der Waals surface area contributed by atoms with Gasteiger partial charge in [0, 0.05) is 23.0 Å². The third-order valence-corrected chi connectivity index (χ3v) is 5.64. The number of aromatic nitrogens is 1. The lowest BCUT2D eigenvalue weighted by atomic mass is 10.1. The maximum absolute atomic E-state index is 11.2. The summed E-state index contributed by atoms with van der Waals surface area (Å²) in [4.78, 5) is 14.6. The van der Waals surface area contributed by atoms with Crippen LogP contribution in [0.1, 0.15) is 55.8 Å². The Kier molecular flexibility index (Phi) is 5.89. The molecule has 4 rings (SSSR count). The molecule has 4 heteroatoms. The van der Waals surface area contributed by atoms with Crippen LogP contribution in [-0.4, -0.2) is 16.9 Å². The van der Waals surface area contributed by atoms with Crippen molar-refractivity contribution in [2.75, 3.05) is 0 Å². The molecule has 0 saturated heterocycles. The number of ether oxygens (including phenoxy) is 2. The van der Waals surface area contributed by atoms with Crippen LogP contribution in [0.15, 0.2) is 42.5 Å². The van der Waals surface area contributed by atoms with Gasteiger partial charge in [-0.25, -0.2) is 0 Å². The predicted molar refractivity (Wildman–Crippen MR) is 116 cm³/mol. The van der Waals surface area contributed by atoms with Crippen LogP contribution in [0, 0.1) is 6.92 Å². The molecule has 1 N–H and O–H groups in total. The molecule has 1 aliphatic rings. The number of ketones is 1. The van der Waals surface area contributed by atoms with Gasteiger partial charge in [-0.3, -0.25) is 0 Å². The van der Waals surface area contributed by atoms with E-state index in [9.17, 15) is 4.79 Å². The molecular formula is C25H29NO3. The quantitative estimate of drug-likeness (QED) is 0.520. The van der Waals surface area contributed by atoms with Crippen molar-refractivity contribution in [3.8, 4) is 11.5 Å². The first kappa shape index (κ1) is 19.6. The Morgan fingerprint density at radius 1 is 1.10 bits per heavy atom. The molecular weight excluding hydrogens is 362 g/mol. The molecule has 152 valence electrons. The summed E-state index contributed by atoms with van der Waals surface area (Å²) in [5, 5.41) is 1.11. The molecule has 29 heavy (non-hydrogen) atoms. The zero-order valence-electron chi connectivity index (χ0n) is 17.3. The summed E-state index contributed by atoms with van der Waals surface area (Å²) < 4.78 is 12.2. The van der Waals surface area contributed by atoms with Gasteiger partial charge in [-0.1, -0.05) is 6.07 Å². The molecule has 0 amide bonds. The Balaban J connectivity index is 1.38. The van der Waals surface area contributed by atoms with E-state index in [-0.39, 0.29) is 5.78 Å². The van der Waals surface area contributed by atoms with Gasteiger partial charge in [0.1, 0.15) is 23.9 Å². The molecule has 1 aromatic heterocycles. The maximum atomic E-state index is 11.2. The average molecular weight is 392 g/mol. The number of hydrogen-bond donors (Lipinski definition) is 1. The van der Waals surface area contributed by atoms with E-state index < -0.39 is 0 Å². The molecule has 0 aliphatic heterocycles. The van der Waals surface area contributed by atoms with Gasteiger partial charge < -0.3 is 19.3 Å². The topological polar surface area (TPSA) is 51.3 Å². The summed E-state index contributed by atoms with van der Waals surface area (Å²) in [7, 11) is 0. The van der Waals surface area contributed by atoms with E-state index in [1.54, 1.807) is 6.92 Å². The first-order valence-corrected chi connectivity index (χ1v) is 10.6. The molecule has 0 bridgehead atoms. The van der Waals surface area contributed by atoms with Gasteiger partial charge in [0.05, 0.1) is 6.10 Å². The lowest BCUT2D eigenvalue weighted by molar-refractivity contribution is -0.116. The SMILES string of the molecule is CC(=O)CCc1cc2cc(OCc3ccc(OC4CCCC4)c(C)c3)ccc2[nH]1. The van der Waals surface area contributed by atoms with E-state index in [1.807, 2.05) is 18.2 Å². The average Bonchev–Trinajstić information content (AvgIpc) is 3.35. The number of H-pyrrole nitrogens is 1. The Morgan fingerprint density at radius 2 is 1.93 bits per heavy atom. The Hall–Kier alpha value is -2.75. The van der Waals surface area contributed by atoms with Crippen LogP contribution in [0.4, 0.5) is 0 Å². The highest BCUT2D eigenvalue weighted by atomic mass is 16.5. The highest BCUT2D eigenvalue weighted by molar-refractivity contribution is 5.82. The largest absolute Gasteiger partial charge is 0.490 e. The van der Waals surface area contributed by atoms with Crippen LogP contribution in [0.5, 0.6) is 11.5 Å². The number of fused-ring (bicyclic) bond motifs is 1. The van der Waals surface area contributed by atoms with E-state index in [1.165, 1.54) is 25.7 Å². The fraction of sp³-hybridized carbons (Fsp3) is 0.400. The first-order chi connectivity index (χ1) is 14.1. The smallest absolute Gasteiger partial charge is 0.130 e. The number of rotatable bonds is 8. The number of hydrogen-bond acceptors (Lipinski definition) is 3. The van der Waals surface area contributed by atoms with Crippen LogP contribution in [-0.2, 0) is 17.8 Å². The van der Waals surface area contributed by atoms with Crippen molar-refractivity contribution < 1.29 is 14.3 Å². The minimum absolute atomic E-state index is 0.211. The van der Waals surface area contributed by atoms with Crippen LogP contribution in [0.25, 0.3) is 10.9 Å². The Labute approximate surface area is 172 Å². The van der Waals surface area contributed by atoms with Crippen molar-refractivity contribution >= 4 is 16.7 Å². The summed E-state index contributed by atoms with van der Waals surface area (Å²) in [5.41, 5.74) is 4.45. The van der Waals surface area contributed by atoms with Gasteiger partial charge in [0.2, 0.25) is 0 Å². The van der Waals surface area contributed by atoms with Crippen molar-refractivity contribution in [3.63, 3.8) is 0 Å². The maximum Gasteiger partial charge on any atom is 0.130 e. The molecule has 1 aliphatic carbocycles. The molecule has 1 saturated carbocycles. The standard InChI is InChI=1S/C25H29NO3/c1-17-13-19(8-12-25(17)29-22-5-3-4-6-22)16-28-23-10-11-24-20(15-23)14-21(26-24)9-7-18(2)27/h8,10-15,22,26H,3-7,9,16H2,1-2H3. The number of carbonyl (C=O) groups is 1. The third kappa shape index (κ3) is 5.00. The minimum Gasteiger partial charge on any atom is -0.490 e. The van der Waals surface area contributed by atoms with Gasteiger partial charge >= 0.3 is 0 Å². The fourth-order valence-electron chi connectivity index (χ4n) is 3.99. The van der Waals surface area contributed by atoms with Crippen molar-refractivity contribution in [3.05, 3.63) is 59.3 Å². The van der Waals surface area contributed by atoms with E-state index >= 15 is 0 Å². The number of aromatic amines is 1. The van der Waals surface area contributed by atoms with Crippen LogP contribution < -0.4 is 9.47 Å². The normalized spacial score (nSPS) is 14.4. The fourth-order valence-corrected chi connectivity index (χ4v) is 3.99. The van der Waals surface area contributed by atoms with Gasteiger partial charge in [-0.2, -0.15) is 0 Å². The van der Waals surface area contributed by atoms with Crippen molar-refractivity contribution in [1.82, 2.24) is 4.98 Å². The molecule has 1 fully saturated rings. The second kappa shape index (κ2) is 8.73. The van der Waals surface area contributed by atoms with E-state index in [0.717, 1.165) is 45.6 Å². The lowest BCUT2D eigenvalue weighted by Gasteiger charge is -2.16. The summed E-state index contributed by atoms with van der Waals surface area (Å²) >= 11 is 0. The van der Waals surface area contributed by atoms with E-state index in [2.05, 4.69) is 36.2 Å². The van der Waals surface area contributed by atoms with Gasteiger partial charge in [-0.15, -0.1) is 0 Å². The second-order valence-corrected chi connectivity index (χ2v) is 8.16. The number of carbonyl (C=O) groups excluding carboxylic acids is 1. The monoisotopic (exact) mass is 391 g/mol. The van der Waals surface area contributed by atoms with Crippen molar-refractivity contribution in [2.45, 2.75) is 65.1 Å².